The van der Waals surface area contributed by atoms with Crippen LogP contribution >= 0.6 is 11.6 Å². The average Bonchev–Trinajstić information content (AvgIpc) is 2.94. The number of primary amides is 1. The van der Waals surface area contributed by atoms with Crippen molar-refractivity contribution >= 4 is 38.4 Å². The Kier molecular flexibility index (Phi) is 4.31. The van der Waals surface area contributed by atoms with Crippen LogP contribution in [-0.2, 0) is 16.6 Å². The second kappa shape index (κ2) is 6.27. The van der Waals surface area contributed by atoms with Crippen molar-refractivity contribution in [3.8, 4) is 0 Å². The van der Waals surface area contributed by atoms with Gasteiger partial charge < -0.3 is 10.7 Å². The fraction of sp³-hybridized carbons (Fsp3) is 0.0625. The molecule has 1 aromatic heterocycles. The number of hydrogen-bond acceptors (Lipinski definition) is 3. The summed E-state index contributed by atoms with van der Waals surface area (Å²) >= 11 is 5.96. The van der Waals surface area contributed by atoms with E-state index >= 15 is 0 Å². The molecule has 0 saturated carbocycles. The second-order valence-corrected chi connectivity index (χ2v) is 7.33. The monoisotopic (exact) mass is 363 g/mol. The highest BCUT2D eigenvalue weighted by molar-refractivity contribution is 7.89. The Morgan fingerprint density at radius 3 is 2.54 bits per heavy atom. The van der Waals surface area contributed by atoms with Crippen LogP contribution in [0.5, 0.6) is 0 Å². The minimum atomic E-state index is -3.97. The van der Waals surface area contributed by atoms with Gasteiger partial charge >= 0.3 is 0 Å². The number of rotatable bonds is 5. The molecule has 3 rings (SSSR count). The lowest BCUT2D eigenvalue weighted by Gasteiger charge is -2.07. The number of benzene rings is 2. The van der Waals surface area contributed by atoms with Crippen LogP contribution in [-0.4, -0.2) is 19.3 Å². The van der Waals surface area contributed by atoms with Gasteiger partial charge in [-0.25, -0.2) is 13.1 Å². The predicted octanol–water partition coefficient (Wildman–Crippen LogP) is 2.40. The summed E-state index contributed by atoms with van der Waals surface area (Å²) in [5, 5.41) is 0.675. The lowest BCUT2D eigenvalue weighted by Crippen LogP contribution is -2.26. The first-order chi connectivity index (χ1) is 11.4. The topological polar surface area (TPSA) is 105 Å². The van der Waals surface area contributed by atoms with Crippen molar-refractivity contribution in [3.05, 3.63) is 64.8 Å². The minimum absolute atomic E-state index is 0.0919. The molecule has 1 amide bonds. The molecule has 6 nitrogen and oxygen atoms in total. The van der Waals surface area contributed by atoms with Crippen molar-refractivity contribution in [2.24, 2.45) is 5.73 Å². The highest BCUT2D eigenvalue weighted by Crippen LogP contribution is 2.29. The van der Waals surface area contributed by atoms with Crippen molar-refractivity contribution in [1.29, 1.82) is 0 Å². The van der Waals surface area contributed by atoms with Gasteiger partial charge in [0.25, 0.3) is 5.91 Å². The summed E-state index contributed by atoms with van der Waals surface area (Å²) in [7, 11) is -3.97. The Morgan fingerprint density at radius 1 is 1.17 bits per heavy atom. The number of amides is 1. The van der Waals surface area contributed by atoms with E-state index in [1.807, 2.05) is 18.2 Å². The van der Waals surface area contributed by atoms with E-state index in [0.29, 0.717) is 15.9 Å². The number of carbonyl (C=O) groups excluding carboxylic acids is 1. The van der Waals surface area contributed by atoms with Crippen LogP contribution in [0.2, 0.25) is 5.02 Å². The minimum Gasteiger partial charge on any atom is -0.364 e. The van der Waals surface area contributed by atoms with Gasteiger partial charge in [-0.15, -0.1) is 0 Å². The van der Waals surface area contributed by atoms with Gasteiger partial charge in [-0.05, 0) is 23.8 Å². The molecule has 4 N–H and O–H groups in total. The number of hydrogen-bond donors (Lipinski definition) is 3. The fourth-order valence-corrected chi connectivity index (χ4v) is 3.99. The third-order valence-corrected chi connectivity index (χ3v) is 5.26. The Bertz CT molecular complexity index is 1010. The quantitative estimate of drug-likeness (QED) is 0.648. The molecule has 0 aliphatic rings. The van der Waals surface area contributed by atoms with Crippen molar-refractivity contribution < 1.29 is 13.2 Å². The highest BCUT2D eigenvalue weighted by Gasteiger charge is 2.27. The van der Waals surface area contributed by atoms with Crippen LogP contribution in [0.1, 0.15) is 16.1 Å². The Morgan fingerprint density at radius 2 is 1.88 bits per heavy atom. The number of halogens is 1. The molecule has 124 valence electrons. The molecule has 0 bridgehead atoms. The van der Waals surface area contributed by atoms with Gasteiger partial charge in [0.15, 0.2) is 0 Å². The Labute approximate surface area is 143 Å². The van der Waals surface area contributed by atoms with Crippen LogP contribution < -0.4 is 10.5 Å². The summed E-state index contributed by atoms with van der Waals surface area (Å²) in [6.07, 6.45) is 0. The maximum absolute atomic E-state index is 12.7. The predicted molar refractivity (Wildman–Crippen MR) is 92.3 cm³/mol. The summed E-state index contributed by atoms with van der Waals surface area (Å²) in [5.41, 5.74) is 6.41. The molecule has 0 fully saturated rings. The van der Waals surface area contributed by atoms with Crippen molar-refractivity contribution in [3.63, 3.8) is 0 Å². The number of H-pyrrole nitrogens is 1. The second-order valence-electron chi connectivity index (χ2n) is 5.19. The molecule has 0 spiro atoms. The van der Waals surface area contributed by atoms with Gasteiger partial charge in [0.2, 0.25) is 10.0 Å². The molecule has 0 aliphatic carbocycles. The van der Waals surface area contributed by atoms with E-state index in [0.717, 1.165) is 5.56 Å². The molecule has 24 heavy (non-hydrogen) atoms. The maximum Gasteiger partial charge on any atom is 0.266 e. The van der Waals surface area contributed by atoms with Crippen LogP contribution in [0.4, 0.5) is 0 Å². The molecule has 8 heteroatoms. The van der Waals surface area contributed by atoms with Crippen molar-refractivity contribution in [2.75, 3.05) is 0 Å². The summed E-state index contributed by atoms with van der Waals surface area (Å²) in [6.45, 7) is 0.0919. The number of nitrogens with two attached hydrogens (primary N) is 1. The van der Waals surface area contributed by atoms with Crippen LogP contribution in [0.15, 0.2) is 53.4 Å². The molecule has 0 saturated heterocycles. The zero-order chi connectivity index (χ0) is 17.3. The molecule has 0 atom stereocenters. The molecule has 3 aromatic rings. The summed E-state index contributed by atoms with van der Waals surface area (Å²) in [5.74, 6) is -0.859. The standard InChI is InChI=1S/C16H14ClN3O3S/c17-11-6-7-13-12(8-11)15(14(20-13)16(18)21)24(22,23)19-9-10-4-2-1-3-5-10/h1-8,19-20H,9H2,(H2,18,21). The normalized spacial score (nSPS) is 11.7. The van der Waals surface area contributed by atoms with Crippen molar-refractivity contribution in [1.82, 2.24) is 9.71 Å². The Hall–Kier alpha value is -2.35. The molecular formula is C16H14ClN3O3S. The number of aromatic nitrogens is 1. The van der Waals surface area contributed by atoms with E-state index in [1.165, 1.54) is 6.07 Å². The first-order valence-electron chi connectivity index (χ1n) is 7.03. The van der Waals surface area contributed by atoms with E-state index in [-0.39, 0.29) is 17.1 Å². The van der Waals surface area contributed by atoms with E-state index < -0.39 is 15.9 Å². The van der Waals surface area contributed by atoms with Gasteiger partial charge in [0.05, 0.1) is 0 Å². The number of carbonyl (C=O) groups is 1. The number of aromatic amines is 1. The van der Waals surface area contributed by atoms with Crippen molar-refractivity contribution in [2.45, 2.75) is 11.4 Å². The van der Waals surface area contributed by atoms with Gasteiger partial charge in [-0.2, -0.15) is 0 Å². The highest BCUT2D eigenvalue weighted by atomic mass is 35.5. The van der Waals surface area contributed by atoms with Gasteiger partial charge in [0, 0.05) is 22.5 Å². The first-order valence-corrected chi connectivity index (χ1v) is 8.89. The smallest absolute Gasteiger partial charge is 0.266 e. The lowest BCUT2D eigenvalue weighted by molar-refractivity contribution is 0.0993. The van der Waals surface area contributed by atoms with Gasteiger partial charge in [-0.3, -0.25) is 4.79 Å². The summed E-state index contributed by atoms with van der Waals surface area (Å²) in [6, 6.07) is 13.7. The molecule has 0 unspecified atom stereocenters. The molecule has 0 aliphatic heterocycles. The van der Waals surface area contributed by atoms with Crippen LogP contribution in [0.25, 0.3) is 10.9 Å². The van der Waals surface area contributed by atoms with Gasteiger partial charge in [-0.1, -0.05) is 41.9 Å². The molecule has 1 heterocycles. The molecular weight excluding hydrogens is 350 g/mol. The third-order valence-electron chi connectivity index (χ3n) is 3.54. The van der Waals surface area contributed by atoms with E-state index in [2.05, 4.69) is 9.71 Å². The SMILES string of the molecule is NC(=O)c1[nH]c2ccc(Cl)cc2c1S(=O)(=O)NCc1ccccc1. The zero-order valence-electron chi connectivity index (χ0n) is 12.4. The Balaban J connectivity index is 2.07. The zero-order valence-corrected chi connectivity index (χ0v) is 14.0. The molecule has 0 radical (unpaired) electrons. The van der Waals surface area contributed by atoms with Crippen LogP contribution in [0, 0.1) is 0 Å². The fourth-order valence-electron chi connectivity index (χ4n) is 2.44. The largest absolute Gasteiger partial charge is 0.364 e. The van der Waals surface area contributed by atoms with E-state index in [4.69, 9.17) is 17.3 Å². The summed E-state index contributed by atoms with van der Waals surface area (Å²) < 4.78 is 28.0. The van der Waals surface area contributed by atoms with E-state index in [9.17, 15) is 13.2 Å². The van der Waals surface area contributed by atoms with Crippen LogP contribution in [0.3, 0.4) is 0 Å². The van der Waals surface area contributed by atoms with E-state index in [1.54, 1.807) is 24.3 Å². The lowest BCUT2D eigenvalue weighted by atomic mass is 10.2. The van der Waals surface area contributed by atoms with Gasteiger partial charge in [0.1, 0.15) is 10.6 Å². The number of sulfonamides is 1. The molecule has 2 aromatic carbocycles. The average molecular weight is 364 g/mol. The third kappa shape index (κ3) is 3.14. The summed E-state index contributed by atoms with van der Waals surface area (Å²) in [4.78, 5) is 14.2. The first kappa shape index (κ1) is 16.5. The number of nitrogens with one attached hydrogen (secondary N) is 2. The number of fused-ring (bicyclic) bond motifs is 1. The maximum atomic E-state index is 12.7.